The molecule has 0 unspecified atom stereocenters. The fourth-order valence-corrected chi connectivity index (χ4v) is 4.18. The molecule has 22 heavy (non-hydrogen) atoms. The molecule has 0 aliphatic carbocycles. The molecule has 1 aliphatic heterocycles. The Hall–Kier alpha value is -1.47. The summed E-state index contributed by atoms with van der Waals surface area (Å²) < 4.78 is 39.1. The molecule has 1 aromatic carbocycles. The highest BCUT2D eigenvalue weighted by atomic mass is 32.2. The number of amides is 1. The highest BCUT2D eigenvalue weighted by molar-refractivity contribution is 7.89. The second-order valence-corrected chi connectivity index (χ2v) is 7.57. The number of rotatable bonds is 5. The zero-order valence-electron chi connectivity index (χ0n) is 12.6. The second kappa shape index (κ2) is 7.19. The molecule has 1 amide bonds. The van der Waals surface area contributed by atoms with Crippen LogP contribution in [0.5, 0.6) is 0 Å². The molecule has 0 bridgehead atoms. The van der Waals surface area contributed by atoms with Crippen LogP contribution in [0.4, 0.5) is 10.1 Å². The van der Waals surface area contributed by atoms with Gasteiger partial charge >= 0.3 is 0 Å². The average Bonchev–Trinajstić information content (AvgIpc) is 2.49. The molecular formula is C15H21FN2O3S. The van der Waals surface area contributed by atoms with Gasteiger partial charge in [0.05, 0.1) is 17.4 Å². The minimum Gasteiger partial charge on any atom is -0.323 e. The van der Waals surface area contributed by atoms with E-state index in [9.17, 15) is 17.6 Å². The van der Waals surface area contributed by atoms with E-state index >= 15 is 0 Å². The quantitative estimate of drug-likeness (QED) is 0.901. The highest BCUT2D eigenvalue weighted by Crippen LogP contribution is 2.22. The van der Waals surface area contributed by atoms with Gasteiger partial charge < -0.3 is 5.32 Å². The molecule has 0 saturated carbocycles. The number of sulfonamides is 1. The van der Waals surface area contributed by atoms with E-state index in [-0.39, 0.29) is 23.9 Å². The first-order chi connectivity index (χ1) is 10.4. The topological polar surface area (TPSA) is 66.5 Å². The van der Waals surface area contributed by atoms with Crippen LogP contribution in [0, 0.1) is 11.7 Å². The highest BCUT2D eigenvalue weighted by Gasteiger charge is 2.32. The number of carbonyl (C=O) groups excluding carboxylic acids is 1. The van der Waals surface area contributed by atoms with Crippen molar-refractivity contribution in [1.82, 2.24) is 4.31 Å². The molecule has 1 N–H and O–H groups in total. The van der Waals surface area contributed by atoms with E-state index in [1.54, 1.807) is 12.1 Å². The molecule has 1 atom stereocenters. The fourth-order valence-electron chi connectivity index (χ4n) is 2.59. The van der Waals surface area contributed by atoms with Crippen LogP contribution in [0.3, 0.4) is 0 Å². The Labute approximate surface area is 130 Å². The van der Waals surface area contributed by atoms with Crippen LogP contribution in [0.2, 0.25) is 0 Å². The lowest BCUT2D eigenvalue weighted by molar-refractivity contribution is -0.120. The molecule has 5 nitrogen and oxygen atoms in total. The average molecular weight is 328 g/mol. The number of piperidine rings is 1. The third-order valence-electron chi connectivity index (χ3n) is 3.74. The smallest absolute Gasteiger partial charge is 0.228 e. The van der Waals surface area contributed by atoms with E-state index < -0.39 is 21.8 Å². The van der Waals surface area contributed by atoms with Gasteiger partial charge in [0.15, 0.2) is 0 Å². The molecular weight excluding hydrogens is 307 g/mol. The van der Waals surface area contributed by atoms with E-state index in [1.807, 2.05) is 6.92 Å². The summed E-state index contributed by atoms with van der Waals surface area (Å²) in [6.07, 6.45) is 1.79. The maximum absolute atomic E-state index is 13.6. The van der Waals surface area contributed by atoms with Gasteiger partial charge in [0.25, 0.3) is 0 Å². The van der Waals surface area contributed by atoms with Crippen LogP contribution in [-0.4, -0.2) is 37.5 Å². The number of nitrogens with one attached hydrogen (secondary N) is 1. The van der Waals surface area contributed by atoms with E-state index in [0.29, 0.717) is 25.8 Å². The summed E-state index contributed by atoms with van der Waals surface area (Å²) in [7, 11) is -3.30. The molecule has 0 aromatic heterocycles. The Morgan fingerprint density at radius 3 is 2.82 bits per heavy atom. The van der Waals surface area contributed by atoms with Crippen LogP contribution in [0.1, 0.15) is 26.2 Å². The maximum atomic E-state index is 13.6. The molecule has 1 saturated heterocycles. The Kier molecular flexibility index (Phi) is 5.52. The van der Waals surface area contributed by atoms with E-state index in [2.05, 4.69) is 5.32 Å². The molecule has 1 fully saturated rings. The van der Waals surface area contributed by atoms with Gasteiger partial charge in [0.2, 0.25) is 15.9 Å². The maximum Gasteiger partial charge on any atom is 0.228 e. The summed E-state index contributed by atoms with van der Waals surface area (Å²) >= 11 is 0. The summed E-state index contributed by atoms with van der Waals surface area (Å²) in [6, 6.07) is 5.94. The van der Waals surface area contributed by atoms with Crippen molar-refractivity contribution in [3.05, 3.63) is 30.1 Å². The minimum atomic E-state index is -3.30. The van der Waals surface area contributed by atoms with E-state index in [1.165, 1.54) is 16.4 Å². The van der Waals surface area contributed by atoms with Gasteiger partial charge in [-0.1, -0.05) is 19.1 Å². The summed E-state index contributed by atoms with van der Waals surface area (Å²) in [4.78, 5) is 12.3. The molecule has 1 aliphatic rings. The van der Waals surface area contributed by atoms with Crippen molar-refractivity contribution in [3.8, 4) is 0 Å². The standard InChI is InChI=1S/C15H21FN2O3S/c1-2-10-22(20,21)18-9-5-6-12(11-18)15(19)17-14-8-4-3-7-13(14)16/h3-4,7-8,12H,2,5-6,9-11H2,1H3,(H,17,19)/t12-/m1/s1. The lowest BCUT2D eigenvalue weighted by atomic mass is 9.98. The van der Waals surface area contributed by atoms with Crippen LogP contribution in [-0.2, 0) is 14.8 Å². The van der Waals surface area contributed by atoms with Crippen LogP contribution < -0.4 is 5.32 Å². The van der Waals surface area contributed by atoms with Gasteiger partial charge in [-0.15, -0.1) is 0 Å². The van der Waals surface area contributed by atoms with E-state index in [0.717, 1.165) is 0 Å². The number of hydrogen-bond acceptors (Lipinski definition) is 3. The van der Waals surface area contributed by atoms with E-state index in [4.69, 9.17) is 0 Å². The predicted octanol–water partition coefficient (Wildman–Crippen LogP) is 2.22. The molecule has 122 valence electrons. The first-order valence-corrected chi connectivity index (χ1v) is 9.08. The Balaban J connectivity index is 2.03. The van der Waals surface area contributed by atoms with Crippen molar-refractivity contribution < 1.29 is 17.6 Å². The molecule has 1 aromatic rings. The predicted molar refractivity (Wildman–Crippen MR) is 83.4 cm³/mol. The number of halogens is 1. The monoisotopic (exact) mass is 328 g/mol. The van der Waals surface area contributed by atoms with Gasteiger partial charge in [0, 0.05) is 13.1 Å². The summed E-state index contributed by atoms with van der Waals surface area (Å²) in [5.74, 6) is -1.18. The summed E-state index contributed by atoms with van der Waals surface area (Å²) in [6.45, 7) is 2.43. The van der Waals surface area contributed by atoms with Gasteiger partial charge in [-0.05, 0) is 31.4 Å². The van der Waals surface area contributed by atoms with Crippen LogP contribution in [0.15, 0.2) is 24.3 Å². The third kappa shape index (κ3) is 4.04. The lowest BCUT2D eigenvalue weighted by Crippen LogP contribution is -2.44. The largest absolute Gasteiger partial charge is 0.323 e. The number of anilines is 1. The third-order valence-corrected chi connectivity index (χ3v) is 5.78. The number of carbonyl (C=O) groups is 1. The molecule has 2 rings (SSSR count). The van der Waals surface area contributed by atoms with Gasteiger partial charge in [0.1, 0.15) is 5.82 Å². The SMILES string of the molecule is CCCS(=O)(=O)N1CCC[C@@H](C(=O)Nc2ccccc2F)C1. The fraction of sp³-hybridized carbons (Fsp3) is 0.533. The van der Waals surface area contributed by atoms with Crippen molar-refractivity contribution in [2.24, 2.45) is 5.92 Å². The number of hydrogen-bond donors (Lipinski definition) is 1. The van der Waals surface area contributed by atoms with Gasteiger partial charge in [-0.25, -0.2) is 17.1 Å². The zero-order valence-corrected chi connectivity index (χ0v) is 13.4. The van der Waals surface area contributed by atoms with Gasteiger partial charge in [-0.3, -0.25) is 4.79 Å². The number of nitrogens with zero attached hydrogens (tertiary/aromatic N) is 1. The Bertz CT molecular complexity index is 633. The van der Waals surface area contributed by atoms with Crippen molar-refractivity contribution in [2.75, 3.05) is 24.2 Å². The van der Waals surface area contributed by atoms with Crippen molar-refractivity contribution in [3.63, 3.8) is 0 Å². The summed E-state index contributed by atoms with van der Waals surface area (Å²) in [5, 5.41) is 2.55. The van der Waals surface area contributed by atoms with Crippen molar-refractivity contribution in [1.29, 1.82) is 0 Å². The molecule has 1 heterocycles. The lowest BCUT2D eigenvalue weighted by Gasteiger charge is -2.31. The van der Waals surface area contributed by atoms with Crippen molar-refractivity contribution in [2.45, 2.75) is 26.2 Å². The molecule has 7 heteroatoms. The Morgan fingerprint density at radius 2 is 2.14 bits per heavy atom. The zero-order chi connectivity index (χ0) is 16.2. The van der Waals surface area contributed by atoms with Gasteiger partial charge in [-0.2, -0.15) is 0 Å². The first-order valence-electron chi connectivity index (χ1n) is 7.47. The second-order valence-electron chi connectivity index (χ2n) is 5.48. The normalized spacial score (nSPS) is 19.8. The Morgan fingerprint density at radius 1 is 1.41 bits per heavy atom. The molecule has 0 radical (unpaired) electrons. The van der Waals surface area contributed by atoms with Crippen molar-refractivity contribution >= 4 is 21.6 Å². The van der Waals surface area contributed by atoms with Crippen LogP contribution >= 0.6 is 0 Å². The number of para-hydroxylation sites is 1. The minimum absolute atomic E-state index is 0.0919. The number of benzene rings is 1. The first kappa shape index (κ1) is 16.9. The molecule has 0 spiro atoms. The van der Waals surface area contributed by atoms with Crippen LogP contribution in [0.25, 0.3) is 0 Å². The summed E-state index contributed by atoms with van der Waals surface area (Å²) in [5.41, 5.74) is 0.126.